The van der Waals surface area contributed by atoms with Gasteiger partial charge in [-0.1, -0.05) is 0 Å². The number of aromatic nitrogens is 2. The normalized spacial score (nSPS) is 25.9. The summed E-state index contributed by atoms with van der Waals surface area (Å²) in [6.07, 6.45) is 8.76. The van der Waals surface area contributed by atoms with E-state index >= 15 is 0 Å². The molecule has 1 fully saturated rings. The molecule has 1 aliphatic carbocycles. The second kappa shape index (κ2) is 5.46. The highest BCUT2D eigenvalue weighted by Gasteiger charge is 2.19. The van der Waals surface area contributed by atoms with Gasteiger partial charge in [-0.2, -0.15) is 5.10 Å². The van der Waals surface area contributed by atoms with Crippen molar-refractivity contribution in [3.05, 3.63) is 18.0 Å². The largest absolute Gasteiger partial charge is 0.373 e. The van der Waals surface area contributed by atoms with Crippen LogP contribution in [0, 0.1) is 0 Å². The van der Waals surface area contributed by atoms with Gasteiger partial charge in [0.05, 0.1) is 18.9 Å². The van der Waals surface area contributed by atoms with Crippen molar-refractivity contribution < 1.29 is 4.74 Å². The van der Waals surface area contributed by atoms with E-state index in [0.29, 0.717) is 18.8 Å². The second-order valence-electron chi connectivity index (χ2n) is 4.56. The van der Waals surface area contributed by atoms with E-state index in [2.05, 4.69) is 12.0 Å². The third kappa shape index (κ3) is 3.06. The van der Waals surface area contributed by atoms with Crippen LogP contribution in [-0.4, -0.2) is 21.9 Å². The van der Waals surface area contributed by atoms with Crippen LogP contribution in [0.3, 0.4) is 0 Å². The molecule has 1 heterocycles. The Morgan fingerprint density at radius 3 is 3.12 bits per heavy atom. The average Bonchev–Trinajstić information content (AvgIpc) is 2.74. The quantitative estimate of drug-likeness (QED) is 0.845. The van der Waals surface area contributed by atoms with E-state index in [0.717, 1.165) is 31.4 Å². The molecule has 1 aliphatic rings. The molecule has 0 aliphatic heterocycles. The van der Waals surface area contributed by atoms with Crippen molar-refractivity contribution in [2.24, 2.45) is 5.73 Å². The molecule has 2 unspecified atom stereocenters. The van der Waals surface area contributed by atoms with Gasteiger partial charge in [0.2, 0.25) is 0 Å². The summed E-state index contributed by atoms with van der Waals surface area (Å²) in [5.74, 6) is 0. The second-order valence-corrected chi connectivity index (χ2v) is 4.56. The summed E-state index contributed by atoms with van der Waals surface area (Å²) in [7, 11) is 0. The molecule has 1 aromatic rings. The van der Waals surface area contributed by atoms with Crippen molar-refractivity contribution in [2.45, 2.75) is 57.9 Å². The Kier molecular flexibility index (Phi) is 3.96. The molecule has 0 saturated heterocycles. The van der Waals surface area contributed by atoms with Crippen molar-refractivity contribution in [1.82, 2.24) is 9.78 Å². The molecule has 0 spiro atoms. The molecule has 0 bridgehead atoms. The fourth-order valence-corrected chi connectivity index (χ4v) is 2.20. The predicted molar refractivity (Wildman–Crippen MR) is 62.9 cm³/mol. The third-order valence-electron chi connectivity index (χ3n) is 3.16. The van der Waals surface area contributed by atoms with Crippen LogP contribution in [0.25, 0.3) is 0 Å². The molecular formula is C12H21N3O. The number of hydrogen-bond acceptors (Lipinski definition) is 3. The number of hydrogen-bond donors (Lipinski definition) is 1. The van der Waals surface area contributed by atoms with Gasteiger partial charge in [0.1, 0.15) is 0 Å². The molecule has 90 valence electrons. The lowest BCUT2D eigenvalue weighted by molar-refractivity contribution is 0.0122. The molecule has 2 N–H and O–H groups in total. The standard InChI is InChI=1S/C12H21N3O/c1-2-15-8-10(7-14-15)9-16-12-5-3-4-11(13)6-12/h7-8,11-12H,2-6,9,13H2,1H3. The maximum absolute atomic E-state index is 5.92. The Hall–Kier alpha value is -0.870. The Labute approximate surface area is 96.8 Å². The van der Waals surface area contributed by atoms with Crippen LogP contribution in [0.1, 0.15) is 38.2 Å². The van der Waals surface area contributed by atoms with Gasteiger partial charge in [-0.3, -0.25) is 4.68 Å². The van der Waals surface area contributed by atoms with E-state index in [1.807, 2.05) is 17.1 Å². The maximum atomic E-state index is 5.92. The highest BCUT2D eigenvalue weighted by Crippen LogP contribution is 2.20. The summed E-state index contributed by atoms with van der Waals surface area (Å²) < 4.78 is 7.79. The van der Waals surface area contributed by atoms with Crippen LogP contribution >= 0.6 is 0 Å². The molecule has 4 heteroatoms. The van der Waals surface area contributed by atoms with Crippen LogP contribution in [-0.2, 0) is 17.9 Å². The Morgan fingerprint density at radius 2 is 2.44 bits per heavy atom. The summed E-state index contributed by atoms with van der Waals surface area (Å²) in [5.41, 5.74) is 7.08. The first-order chi connectivity index (χ1) is 7.78. The minimum atomic E-state index is 0.331. The van der Waals surface area contributed by atoms with Gasteiger partial charge in [0.25, 0.3) is 0 Å². The van der Waals surface area contributed by atoms with E-state index in [4.69, 9.17) is 10.5 Å². The Balaban J connectivity index is 1.78. The van der Waals surface area contributed by atoms with E-state index < -0.39 is 0 Å². The zero-order valence-electron chi connectivity index (χ0n) is 9.93. The van der Waals surface area contributed by atoms with Gasteiger partial charge in [0.15, 0.2) is 0 Å². The topological polar surface area (TPSA) is 53.1 Å². The molecule has 16 heavy (non-hydrogen) atoms. The number of aryl methyl sites for hydroxylation is 1. The van der Waals surface area contributed by atoms with Crippen LogP contribution in [0.5, 0.6) is 0 Å². The Morgan fingerprint density at radius 1 is 1.56 bits per heavy atom. The van der Waals surface area contributed by atoms with Crippen LogP contribution in [0.4, 0.5) is 0 Å². The summed E-state index contributed by atoms with van der Waals surface area (Å²) in [5, 5.41) is 4.23. The predicted octanol–water partition coefficient (Wildman–Crippen LogP) is 1.69. The SMILES string of the molecule is CCn1cc(COC2CCCC(N)C2)cn1. The van der Waals surface area contributed by atoms with Crippen LogP contribution < -0.4 is 5.73 Å². The van der Waals surface area contributed by atoms with E-state index in [1.165, 1.54) is 6.42 Å². The van der Waals surface area contributed by atoms with Crippen molar-refractivity contribution in [3.63, 3.8) is 0 Å². The zero-order chi connectivity index (χ0) is 11.4. The number of rotatable bonds is 4. The highest BCUT2D eigenvalue weighted by molar-refractivity contribution is 5.01. The summed E-state index contributed by atoms with van der Waals surface area (Å²) in [4.78, 5) is 0. The summed E-state index contributed by atoms with van der Waals surface area (Å²) >= 11 is 0. The minimum absolute atomic E-state index is 0.331. The van der Waals surface area contributed by atoms with Crippen LogP contribution in [0.2, 0.25) is 0 Å². The fourth-order valence-electron chi connectivity index (χ4n) is 2.20. The van der Waals surface area contributed by atoms with Gasteiger partial charge < -0.3 is 10.5 Å². The van der Waals surface area contributed by atoms with Gasteiger partial charge in [-0.15, -0.1) is 0 Å². The first-order valence-electron chi connectivity index (χ1n) is 6.16. The Bertz CT molecular complexity index is 324. The van der Waals surface area contributed by atoms with Crippen molar-refractivity contribution in [3.8, 4) is 0 Å². The van der Waals surface area contributed by atoms with Gasteiger partial charge >= 0.3 is 0 Å². The first kappa shape index (κ1) is 11.6. The lowest BCUT2D eigenvalue weighted by atomic mass is 9.93. The monoisotopic (exact) mass is 223 g/mol. The van der Waals surface area contributed by atoms with Gasteiger partial charge in [-0.05, 0) is 32.6 Å². The first-order valence-corrected chi connectivity index (χ1v) is 6.16. The summed E-state index contributed by atoms with van der Waals surface area (Å²) in [6, 6.07) is 0.331. The molecule has 4 nitrogen and oxygen atoms in total. The van der Waals surface area contributed by atoms with E-state index in [9.17, 15) is 0 Å². The number of ether oxygens (including phenoxy) is 1. The lowest BCUT2D eigenvalue weighted by Gasteiger charge is -2.26. The van der Waals surface area contributed by atoms with Crippen molar-refractivity contribution >= 4 is 0 Å². The highest BCUT2D eigenvalue weighted by atomic mass is 16.5. The molecule has 0 amide bonds. The van der Waals surface area contributed by atoms with Gasteiger partial charge in [-0.25, -0.2) is 0 Å². The third-order valence-corrected chi connectivity index (χ3v) is 3.16. The van der Waals surface area contributed by atoms with E-state index in [1.54, 1.807) is 0 Å². The van der Waals surface area contributed by atoms with Crippen molar-refractivity contribution in [1.29, 1.82) is 0 Å². The number of nitrogens with zero attached hydrogens (tertiary/aromatic N) is 2. The molecule has 2 atom stereocenters. The van der Waals surface area contributed by atoms with Crippen molar-refractivity contribution in [2.75, 3.05) is 0 Å². The number of nitrogens with two attached hydrogens (primary N) is 1. The molecule has 2 rings (SSSR count). The summed E-state index contributed by atoms with van der Waals surface area (Å²) in [6.45, 7) is 3.66. The molecule has 1 saturated carbocycles. The smallest absolute Gasteiger partial charge is 0.0751 e. The van der Waals surface area contributed by atoms with E-state index in [-0.39, 0.29) is 0 Å². The lowest BCUT2D eigenvalue weighted by Crippen LogP contribution is -2.32. The fraction of sp³-hybridized carbons (Fsp3) is 0.750. The van der Waals surface area contributed by atoms with Gasteiger partial charge in [0, 0.05) is 24.3 Å². The maximum Gasteiger partial charge on any atom is 0.0751 e. The molecular weight excluding hydrogens is 202 g/mol. The minimum Gasteiger partial charge on any atom is -0.373 e. The zero-order valence-corrected chi connectivity index (χ0v) is 9.93. The molecule has 0 aromatic carbocycles. The molecule has 1 aromatic heterocycles. The van der Waals surface area contributed by atoms with Crippen LogP contribution in [0.15, 0.2) is 12.4 Å². The average molecular weight is 223 g/mol. The molecule has 0 radical (unpaired) electrons.